The summed E-state index contributed by atoms with van der Waals surface area (Å²) < 4.78 is 0. The number of rotatable bonds is 4. The van der Waals surface area contributed by atoms with Gasteiger partial charge in [0.1, 0.15) is 0 Å². The Kier molecular flexibility index (Phi) is 6.69. The highest BCUT2D eigenvalue weighted by Gasteiger charge is 2.24. The Hall–Kier alpha value is -1.06. The number of carbonyl (C=O) groups is 1. The van der Waals surface area contributed by atoms with Crippen LogP contribution < -0.4 is 5.73 Å². The van der Waals surface area contributed by atoms with Crippen molar-refractivity contribution < 1.29 is 4.79 Å². The van der Waals surface area contributed by atoms with E-state index in [-0.39, 0.29) is 30.3 Å². The number of nitrogens with two attached hydrogens (primary N) is 1. The van der Waals surface area contributed by atoms with Crippen molar-refractivity contribution >= 4 is 18.3 Å². The van der Waals surface area contributed by atoms with Gasteiger partial charge in [-0.25, -0.2) is 0 Å². The van der Waals surface area contributed by atoms with E-state index in [2.05, 4.69) is 45.0 Å². The van der Waals surface area contributed by atoms with Crippen molar-refractivity contribution in [1.29, 1.82) is 0 Å². The van der Waals surface area contributed by atoms with E-state index in [9.17, 15) is 4.79 Å². The quantitative estimate of drug-likeness (QED) is 0.927. The number of hydrogen-bond donors (Lipinski definition) is 1. The predicted molar refractivity (Wildman–Crippen MR) is 90.0 cm³/mol. The first kappa shape index (κ1) is 18.0. The Bertz CT molecular complexity index is 458. The SMILES string of the molecule is CC(C)c1ccc(C(C)CC(=O)N2CC[C@@H](N)C2)cc1.Cl. The monoisotopic (exact) mass is 310 g/mol. The van der Waals surface area contributed by atoms with Crippen LogP contribution in [0.3, 0.4) is 0 Å². The Balaban J connectivity index is 0.00000220. The van der Waals surface area contributed by atoms with Crippen molar-refractivity contribution in [3.8, 4) is 0 Å². The molecule has 1 fully saturated rings. The van der Waals surface area contributed by atoms with Crippen LogP contribution in [0, 0.1) is 0 Å². The summed E-state index contributed by atoms with van der Waals surface area (Å²) >= 11 is 0. The molecule has 118 valence electrons. The second-order valence-corrected chi connectivity index (χ2v) is 6.32. The smallest absolute Gasteiger partial charge is 0.223 e. The van der Waals surface area contributed by atoms with Crippen LogP contribution in [0.1, 0.15) is 56.6 Å². The van der Waals surface area contributed by atoms with Gasteiger partial charge < -0.3 is 10.6 Å². The zero-order valence-electron chi connectivity index (χ0n) is 13.2. The van der Waals surface area contributed by atoms with Gasteiger partial charge in [0.2, 0.25) is 5.91 Å². The molecule has 0 saturated carbocycles. The molecule has 1 aliphatic rings. The van der Waals surface area contributed by atoms with Gasteiger partial charge in [-0.2, -0.15) is 0 Å². The third kappa shape index (κ3) is 4.72. The maximum absolute atomic E-state index is 12.2. The summed E-state index contributed by atoms with van der Waals surface area (Å²) in [6.45, 7) is 8.05. The summed E-state index contributed by atoms with van der Waals surface area (Å²) in [5.41, 5.74) is 8.44. The molecular weight excluding hydrogens is 284 g/mol. The summed E-state index contributed by atoms with van der Waals surface area (Å²) in [5.74, 6) is 1.05. The lowest BCUT2D eigenvalue weighted by Gasteiger charge is -2.19. The molecule has 21 heavy (non-hydrogen) atoms. The average Bonchev–Trinajstić information content (AvgIpc) is 2.85. The molecule has 0 aliphatic carbocycles. The Morgan fingerprint density at radius 1 is 1.24 bits per heavy atom. The number of hydrogen-bond acceptors (Lipinski definition) is 2. The van der Waals surface area contributed by atoms with Gasteiger partial charge >= 0.3 is 0 Å². The van der Waals surface area contributed by atoms with Gasteiger partial charge in [-0.15, -0.1) is 12.4 Å². The van der Waals surface area contributed by atoms with Crippen LogP contribution in [0.15, 0.2) is 24.3 Å². The Morgan fingerprint density at radius 3 is 2.29 bits per heavy atom. The second kappa shape index (κ2) is 7.81. The fraction of sp³-hybridized carbons (Fsp3) is 0.588. The lowest BCUT2D eigenvalue weighted by Crippen LogP contribution is -2.32. The van der Waals surface area contributed by atoms with Crippen LogP contribution in [-0.2, 0) is 4.79 Å². The van der Waals surface area contributed by atoms with Crippen LogP contribution in [0.4, 0.5) is 0 Å². The molecule has 2 rings (SSSR count). The minimum absolute atomic E-state index is 0. The standard InChI is InChI=1S/C17H26N2O.ClH/c1-12(2)14-4-6-15(7-5-14)13(3)10-17(20)19-9-8-16(18)11-19;/h4-7,12-13,16H,8-11,18H2,1-3H3;1H/t13?,16-;/m1./s1. The fourth-order valence-electron chi connectivity index (χ4n) is 2.73. The molecule has 2 atom stereocenters. The molecule has 1 unspecified atom stereocenters. The maximum atomic E-state index is 12.2. The lowest BCUT2D eigenvalue weighted by molar-refractivity contribution is -0.130. The molecule has 1 heterocycles. The number of benzene rings is 1. The highest BCUT2D eigenvalue weighted by Crippen LogP contribution is 2.23. The minimum Gasteiger partial charge on any atom is -0.341 e. The van der Waals surface area contributed by atoms with E-state index in [4.69, 9.17) is 5.73 Å². The van der Waals surface area contributed by atoms with Crippen molar-refractivity contribution in [2.45, 2.75) is 51.5 Å². The number of amides is 1. The maximum Gasteiger partial charge on any atom is 0.223 e. The molecule has 3 nitrogen and oxygen atoms in total. The topological polar surface area (TPSA) is 46.3 Å². The van der Waals surface area contributed by atoms with E-state index in [0.29, 0.717) is 12.3 Å². The van der Waals surface area contributed by atoms with E-state index < -0.39 is 0 Å². The summed E-state index contributed by atoms with van der Waals surface area (Å²) in [5, 5.41) is 0. The lowest BCUT2D eigenvalue weighted by atomic mass is 9.94. The van der Waals surface area contributed by atoms with Crippen LogP contribution in [-0.4, -0.2) is 29.9 Å². The Labute approximate surface area is 134 Å². The normalized spacial score (nSPS) is 19.5. The molecule has 0 spiro atoms. The van der Waals surface area contributed by atoms with Crippen LogP contribution in [0.5, 0.6) is 0 Å². The summed E-state index contributed by atoms with van der Waals surface area (Å²) in [7, 11) is 0. The van der Waals surface area contributed by atoms with Crippen molar-refractivity contribution in [2.24, 2.45) is 5.73 Å². The van der Waals surface area contributed by atoms with Gasteiger partial charge in [-0.05, 0) is 29.4 Å². The van der Waals surface area contributed by atoms with Gasteiger partial charge in [0, 0.05) is 25.6 Å². The number of likely N-dealkylation sites (tertiary alicyclic amines) is 1. The highest BCUT2D eigenvalue weighted by molar-refractivity contribution is 5.85. The largest absolute Gasteiger partial charge is 0.341 e. The van der Waals surface area contributed by atoms with Crippen LogP contribution >= 0.6 is 12.4 Å². The Morgan fingerprint density at radius 2 is 1.81 bits per heavy atom. The third-order valence-corrected chi connectivity index (χ3v) is 4.23. The molecule has 4 heteroatoms. The summed E-state index contributed by atoms with van der Waals surface area (Å²) in [6.07, 6.45) is 1.51. The average molecular weight is 311 g/mol. The second-order valence-electron chi connectivity index (χ2n) is 6.32. The summed E-state index contributed by atoms with van der Waals surface area (Å²) in [4.78, 5) is 14.1. The van der Waals surface area contributed by atoms with Gasteiger partial charge in [-0.1, -0.05) is 45.0 Å². The first-order valence-corrected chi connectivity index (χ1v) is 7.60. The molecular formula is C17H27ClN2O. The zero-order valence-corrected chi connectivity index (χ0v) is 14.0. The van der Waals surface area contributed by atoms with Crippen molar-refractivity contribution in [2.75, 3.05) is 13.1 Å². The molecule has 1 amide bonds. The van der Waals surface area contributed by atoms with E-state index in [1.165, 1.54) is 11.1 Å². The number of nitrogens with zero attached hydrogens (tertiary/aromatic N) is 1. The van der Waals surface area contributed by atoms with Crippen LogP contribution in [0.2, 0.25) is 0 Å². The number of halogens is 1. The first-order valence-electron chi connectivity index (χ1n) is 7.60. The summed E-state index contributed by atoms with van der Waals surface area (Å²) in [6, 6.07) is 8.82. The minimum atomic E-state index is 0. The van der Waals surface area contributed by atoms with Gasteiger partial charge in [0.25, 0.3) is 0 Å². The molecule has 0 aromatic heterocycles. The van der Waals surface area contributed by atoms with E-state index in [0.717, 1.165) is 19.5 Å². The molecule has 0 bridgehead atoms. The molecule has 0 radical (unpaired) electrons. The van der Waals surface area contributed by atoms with Crippen molar-refractivity contribution in [3.63, 3.8) is 0 Å². The molecule has 2 N–H and O–H groups in total. The van der Waals surface area contributed by atoms with E-state index in [1.807, 2.05) is 4.90 Å². The molecule has 1 aromatic carbocycles. The van der Waals surface area contributed by atoms with Crippen molar-refractivity contribution in [3.05, 3.63) is 35.4 Å². The molecule has 1 aromatic rings. The highest BCUT2D eigenvalue weighted by atomic mass is 35.5. The van der Waals surface area contributed by atoms with Crippen molar-refractivity contribution in [1.82, 2.24) is 4.90 Å². The molecule has 1 saturated heterocycles. The van der Waals surface area contributed by atoms with Gasteiger partial charge in [0.15, 0.2) is 0 Å². The zero-order chi connectivity index (χ0) is 14.7. The third-order valence-electron chi connectivity index (χ3n) is 4.23. The fourth-order valence-corrected chi connectivity index (χ4v) is 2.73. The van der Waals surface area contributed by atoms with Crippen LogP contribution in [0.25, 0.3) is 0 Å². The molecule has 1 aliphatic heterocycles. The number of carbonyl (C=O) groups excluding carboxylic acids is 1. The van der Waals surface area contributed by atoms with Gasteiger partial charge in [0.05, 0.1) is 0 Å². The van der Waals surface area contributed by atoms with E-state index >= 15 is 0 Å². The predicted octanol–water partition coefficient (Wildman–Crippen LogP) is 3.29. The van der Waals surface area contributed by atoms with E-state index in [1.54, 1.807) is 0 Å². The van der Waals surface area contributed by atoms with Gasteiger partial charge in [-0.3, -0.25) is 4.79 Å². The first-order chi connectivity index (χ1) is 9.47.